The van der Waals surface area contributed by atoms with Crippen molar-refractivity contribution in [1.82, 2.24) is 4.90 Å². The number of carbonyl (C=O) groups is 1. The van der Waals surface area contributed by atoms with Crippen LogP contribution >= 0.6 is 0 Å². The number of aliphatic hydroxyl groups is 1. The second-order valence-corrected chi connectivity index (χ2v) is 8.71. The van der Waals surface area contributed by atoms with Gasteiger partial charge in [0, 0.05) is 19.0 Å². The molecule has 2 aromatic rings. The third-order valence-corrected chi connectivity index (χ3v) is 6.05. The smallest absolute Gasteiger partial charge is 0.416 e. The normalized spacial score (nSPS) is 18.9. The summed E-state index contributed by atoms with van der Waals surface area (Å²) in [5.41, 5.74) is -2.27. The zero-order valence-corrected chi connectivity index (χ0v) is 18.7. The molecule has 5 nitrogen and oxygen atoms in total. The molecule has 2 aromatic carbocycles. The van der Waals surface area contributed by atoms with Crippen molar-refractivity contribution in [3.05, 3.63) is 64.7 Å². The number of carboxylic acids is 1. The van der Waals surface area contributed by atoms with E-state index in [1.54, 1.807) is 23.1 Å². The summed E-state index contributed by atoms with van der Waals surface area (Å²) in [6.45, 7) is 2.05. The summed E-state index contributed by atoms with van der Waals surface area (Å²) < 4.78 is 84.9. The van der Waals surface area contributed by atoms with Crippen molar-refractivity contribution in [2.45, 2.75) is 38.3 Å². The van der Waals surface area contributed by atoms with Crippen molar-refractivity contribution in [2.75, 3.05) is 19.7 Å². The van der Waals surface area contributed by atoms with Gasteiger partial charge in [-0.1, -0.05) is 12.1 Å². The third-order valence-electron chi connectivity index (χ3n) is 6.05. The van der Waals surface area contributed by atoms with Crippen LogP contribution in [0.4, 0.5) is 26.3 Å². The van der Waals surface area contributed by atoms with Gasteiger partial charge in [0.2, 0.25) is 0 Å². The van der Waals surface area contributed by atoms with Crippen molar-refractivity contribution in [3.8, 4) is 5.75 Å². The highest BCUT2D eigenvalue weighted by Gasteiger charge is 2.37. The number of halogens is 6. The van der Waals surface area contributed by atoms with E-state index in [1.165, 1.54) is 13.0 Å². The van der Waals surface area contributed by atoms with E-state index in [9.17, 15) is 36.2 Å². The molecule has 0 aliphatic carbocycles. The number of aliphatic hydroxyl groups excluding tert-OH is 1. The van der Waals surface area contributed by atoms with Crippen molar-refractivity contribution < 1.29 is 46.1 Å². The van der Waals surface area contributed by atoms with E-state index in [2.05, 4.69) is 0 Å². The van der Waals surface area contributed by atoms with Crippen molar-refractivity contribution in [3.63, 3.8) is 0 Å². The lowest BCUT2D eigenvalue weighted by Crippen LogP contribution is -2.24. The summed E-state index contributed by atoms with van der Waals surface area (Å²) in [5, 5.41) is 19.3. The number of hydrogen-bond donors (Lipinski definition) is 2. The van der Waals surface area contributed by atoms with E-state index in [-0.39, 0.29) is 19.1 Å². The molecule has 0 bridgehead atoms. The number of carboxylic acid groups (broad SMARTS) is 1. The number of aliphatic carboxylic acids is 1. The molecule has 0 radical (unpaired) electrons. The van der Waals surface area contributed by atoms with Gasteiger partial charge in [0.15, 0.2) is 0 Å². The maximum absolute atomic E-state index is 13.3. The Bertz CT molecular complexity index is 1040. The summed E-state index contributed by atoms with van der Waals surface area (Å²) in [4.78, 5) is 12.8. The maximum atomic E-state index is 13.3. The fourth-order valence-electron chi connectivity index (χ4n) is 4.04. The molecule has 0 unspecified atom stereocenters. The van der Waals surface area contributed by atoms with Gasteiger partial charge in [-0.15, -0.1) is 0 Å². The van der Waals surface area contributed by atoms with Gasteiger partial charge < -0.3 is 14.9 Å². The summed E-state index contributed by atoms with van der Waals surface area (Å²) in [5.74, 6) is -1.84. The first-order valence-corrected chi connectivity index (χ1v) is 10.9. The van der Waals surface area contributed by atoms with E-state index in [0.29, 0.717) is 49.0 Å². The second-order valence-electron chi connectivity index (χ2n) is 8.71. The third kappa shape index (κ3) is 6.88. The van der Waals surface area contributed by atoms with Crippen LogP contribution in [0, 0.1) is 11.8 Å². The minimum absolute atomic E-state index is 0.0679. The average molecular weight is 505 g/mol. The number of alkyl halides is 6. The van der Waals surface area contributed by atoms with Gasteiger partial charge in [-0.25, -0.2) is 0 Å². The topological polar surface area (TPSA) is 70.0 Å². The summed E-state index contributed by atoms with van der Waals surface area (Å²) >= 11 is 0. The van der Waals surface area contributed by atoms with Crippen LogP contribution in [-0.4, -0.2) is 40.8 Å². The molecule has 0 aromatic heterocycles. The lowest BCUT2D eigenvalue weighted by atomic mass is 9.97. The van der Waals surface area contributed by atoms with Crippen LogP contribution in [0.2, 0.25) is 0 Å². The Hall–Kier alpha value is -2.79. The molecule has 3 rings (SSSR count). The summed E-state index contributed by atoms with van der Waals surface area (Å²) in [6, 6.07) is 7.80. The van der Waals surface area contributed by atoms with Crippen LogP contribution in [0.15, 0.2) is 42.5 Å². The van der Waals surface area contributed by atoms with Crippen LogP contribution in [-0.2, 0) is 23.7 Å². The first-order chi connectivity index (χ1) is 16.3. The number of rotatable bonds is 8. The summed E-state index contributed by atoms with van der Waals surface area (Å²) in [7, 11) is 0. The predicted molar refractivity (Wildman–Crippen MR) is 114 cm³/mol. The molecule has 1 fully saturated rings. The van der Waals surface area contributed by atoms with Gasteiger partial charge >= 0.3 is 18.3 Å². The van der Waals surface area contributed by atoms with E-state index < -0.39 is 47.0 Å². The zero-order chi connectivity index (χ0) is 26.0. The molecule has 2 N–H and O–H groups in total. The fourth-order valence-corrected chi connectivity index (χ4v) is 4.04. The van der Waals surface area contributed by atoms with Gasteiger partial charge in [0.05, 0.1) is 29.8 Å². The van der Waals surface area contributed by atoms with Crippen LogP contribution in [0.5, 0.6) is 5.75 Å². The highest BCUT2D eigenvalue weighted by atomic mass is 19.4. The van der Waals surface area contributed by atoms with Crippen LogP contribution in [0.25, 0.3) is 0 Å². The maximum Gasteiger partial charge on any atom is 0.416 e. The molecule has 192 valence electrons. The monoisotopic (exact) mass is 505 g/mol. The standard InChI is InChI=1S/C24H25F6NO4/c1-14(22(33)34)21(32)16-3-2-4-19(10-16)35-13-15-7-8-31(11-15)12-17-9-18(23(25,26)27)5-6-20(17)24(28,29)30/h2-6,9-10,14-15,21,32H,7-8,11-13H2,1H3,(H,33,34)/t14-,15-,21+/m0/s1. The molecule has 1 heterocycles. The van der Waals surface area contributed by atoms with Crippen molar-refractivity contribution in [1.29, 1.82) is 0 Å². The number of ether oxygens (including phenoxy) is 1. The minimum Gasteiger partial charge on any atom is -0.493 e. The largest absolute Gasteiger partial charge is 0.493 e. The molecule has 1 aliphatic rings. The van der Waals surface area contributed by atoms with Crippen LogP contribution < -0.4 is 4.74 Å². The first-order valence-electron chi connectivity index (χ1n) is 10.9. The molecular formula is C24H25F6NO4. The Morgan fingerprint density at radius 2 is 1.83 bits per heavy atom. The zero-order valence-electron chi connectivity index (χ0n) is 18.7. The fraction of sp³-hybridized carbons (Fsp3) is 0.458. The SMILES string of the molecule is C[C@H](C(=O)O)[C@@H](O)c1cccc(OC[C@H]2CCN(Cc3cc(C(F)(F)F)ccc3C(F)(F)F)C2)c1. The summed E-state index contributed by atoms with van der Waals surface area (Å²) in [6.07, 6.45) is -10.2. The van der Waals surface area contributed by atoms with Gasteiger partial charge in [-0.3, -0.25) is 9.69 Å². The molecule has 1 aliphatic heterocycles. The van der Waals surface area contributed by atoms with E-state index in [1.807, 2.05) is 0 Å². The molecule has 3 atom stereocenters. The Morgan fingerprint density at radius 3 is 2.46 bits per heavy atom. The van der Waals surface area contributed by atoms with E-state index in [0.717, 1.165) is 0 Å². The molecule has 1 saturated heterocycles. The Morgan fingerprint density at radius 1 is 1.11 bits per heavy atom. The molecule has 35 heavy (non-hydrogen) atoms. The van der Waals surface area contributed by atoms with Gasteiger partial charge in [-0.05, 0) is 61.3 Å². The molecule has 0 amide bonds. The van der Waals surface area contributed by atoms with Crippen LogP contribution in [0.3, 0.4) is 0 Å². The second kappa shape index (κ2) is 10.4. The number of likely N-dealkylation sites (tertiary alicyclic amines) is 1. The van der Waals surface area contributed by atoms with E-state index >= 15 is 0 Å². The Labute approximate surface area is 197 Å². The van der Waals surface area contributed by atoms with Gasteiger partial charge in [0.1, 0.15) is 5.75 Å². The van der Waals surface area contributed by atoms with Gasteiger partial charge in [0.25, 0.3) is 0 Å². The molecule has 0 spiro atoms. The molecular weight excluding hydrogens is 480 g/mol. The molecule has 11 heteroatoms. The van der Waals surface area contributed by atoms with Crippen LogP contribution in [0.1, 0.15) is 41.7 Å². The Balaban J connectivity index is 1.63. The minimum atomic E-state index is -4.77. The lowest BCUT2D eigenvalue weighted by molar-refractivity contribution is -0.145. The quantitative estimate of drug-likeness (QED) is 0.472. The van der Waals surface area contributed by atoms with E-state index in [4.69, 9.17) is 9.84 Å². The van der Waals surface area contributed by atoms with Crippen molar-refractivity contribution >= 4 is 5.97 Å². The molecule has 0 saturated carbocycles. The number of hydrogen-bond acceptors (Lipinski definition) is 4. The van der Waals surface area contributed by atoms with Gasteiger partial charge in [-0.2, -0.15) is 26.3 Å². The number of nitrogens with zero attached hydrogens (tertiary/aromatic N) is 1. The highest BCUT2D eigenvalue weighted by molar-refractivity contribution is 5.70. The number of benzene rings is 2. The predicted octanol–water partition coefficient (Wildman–Crippen LogP) is 5.38. The lowest BCUT2D eigenvalue weighted by Gasteiger charge is -2.21. The first kappa shape index (κ1) is 26.8. The Kier molecular flexibility index (Phi) is 8.00. The van der Waals surface area contributed by atoms with Crippen molar-refractivity contribution in [2.24, 2.45) is 11.8 Å². The average Bonchev–Trinajstić information content (AvgIpc) is 3.22. The highest BCUT2D eigenvalue weighted by Crippen LogP contribution is 2.37.